The second-order valence-corrected chi connectivity index (χ2v) is 3.71. The van der Waals surface area contributed by atoms with Crippen molar-refractivity contribution in [2.24, 2.45) is 5.92 Å². The van der Waals surface area contributed by atoms with Crippen molar-refractivity contribution in [3.05, 3.63) is 0 Å². The lowest BCUT2D eigenvalue weighted by molar-refractivity contribution is -0.120. The molecule has 0 bridgehead atoms. The highest BCUT2D eigenvalue weighted by molar-refractivity contribution is 5.77. The first-order valence-electron chi connectivity index (χ1n) is 5.19. The number of rotatable bonds is 7. The topological polar surface area (TPSA) is 17.1 Å². The van der Waals surface area contributed by atoms with Gasteiger partial charge in [-0.25, -0.2) is 0 Å². The summed E-state index contributed by atoms with van der Waals surface area (Å²) in [6.07, 6.45) is 7.57. The molecule has 0 N–H and O–H groups in total. The molecule has 72 valence electrons. The third-order valence-electron chi connectivity index (χ3n) is 2.43. The second kappa shape index (κ2) is 7.33. The molecule has 0 aliphatic carbocycles. The standard InChI is InChI=1S/C11H22O/c1-4-5-6-7-8-9-10(2)11(3)12/h10H,4-9H2,1-3H3/t10-/m1/s1. The predicted octanol–water partition coefficient (Wildman–Crippen LogP) is 3.57. The van der Waals surface area contributed by atoms with Crippen LogP contribution in [0.3, 0.4) is 0 Å². The fourth-order valence-electron chi connectivity index (χ4n) is 1.26. The van der Waals surface area contributed by atoms with Crippen LogP contribution < -0.4 is 0 Å². The summed E-state index contributed by atoms with van der Waals surface area (Å²) in [5.74, 6) is 0.622. The van der Waals surface area contributed by atoms with E-state index in [1.807, 2.05) is 6.92 Å². The molecule has 0 spiro atoms. The molecule has 0 aromatic heterocycles. The summed E-state index contributed by atoms with van der Waals surface area (Å²) in [4.78, 5) is 10.9. The van der Waals surface area contributed by atoms with Crippen molar-refractivity contribution in [1.82, 2.24) is 0 Å². The van der Waals surface area contributed by atoms with Crippen molar-refractivity contribution < 1.29 is 4.79 Å². The number of carbonyl (C=O) groups is 1. The number of carbonyl (C=O) groups excluding carboxylic acids is 1. The molecule has 1 heteroatoms. The molecule has 0 aromatic carbocycles. The van der Waals surface area contributed by atoms with Gasteiger partial charge in [-0.05, 0) is 13.3 Å². The zero-order valence-electron chi connectivity index (χ0n) is 8.73. The highest BCUT2D eigenvalue weighted by atomic mass is 16.1. The van der Waals surface area contributed by atoms with Gasteiger partial charge in [-0.3, -0.25) is 4.79 Å². The van der Waals surface area contributed by atoms with Gasteiger partial charge in [0, 0.05) is 5.92 Å². The summed E-state index contributed by atoms with van der Waals surface area (Å²) in [5.41, 5.74) is 0. The normalized spacial score (nSPS) is 12.9. The van der Waals surface area contributed by atoms with Gasteiger partial charge < -0.3 is 0 Å². The number of hydrogen-bond acceptors (Lipinski definition) is 1. The molecule has 0 rings (SSSR count). The van der Waals surface area contributed by atoms with Crippen LogP contribution in [0.15, 0.2) is 0 Å². The molecule has 0 radical (unpaired) electrons. The molecular weight excluding hydrogens is 148 g/mol. The van der Waals surface area contributed by atoms with E-state index >= 15 is 0 Å². The van der Waals surface area contributed by atoms with Gasteiger partial charge in [-0.15, -0.1) is 0 Å². The van der Waals surface area contributed by atoms with Gasteiger partial charge in [0.2, 0.25) is 0 Å². The van der Waals surface area contributed by atoms with Crippen LogP contribution >= 0.6 is 0 Å². The van der Waals surface area contributed by atoms with Gasteiger partial charge in [0.25, 0.3) is 0 Å². The Morgan fingerprint density at radius 1 is 1.17 bits per heavy atom. The van der Waals surface area contributed by atoms with Crippen LogP contribution in [-0.4, -0.2) is 5.78 Å². The molecule has 0 saturated heterocycles. The molecule has 1 atom stereocenters. The van der Waals surface area contributed by atoms with E-state index in [0.29, 0.717) is 5.78 Å². The maximum absolute atomic E-state index is 10.9. The van der Waals surface area contributed by atoms with Crippen LogP contribution in [0.25, 0.3) is 0 Å². The number of Topliss-reactive ketones (excluding diaryl/α,β-unsaturated/α-hetero) is 1. The van der Waals surface area contributed by atoms with Crippen LogP contribution in [0.4, 0.5) is 0 Å². The second-order valence-electron chi connectivity index (χ2n) is 3.71. The minimum atomic E-state index is 0.284. The lowest BCUT2D eigenvalue weighted by Crippen LogP contribution is -2.05. The summed E-state index contributed by atoms with van der Waals surface area (Å²) in [6.45, 7) is 5.94. The fourth-order valence-corrected chi connectivity index (χ4v) is 1.26. The highest BCUT2D eigenvalue weighted by Crippen LogP contribution is 2.11. The number of ketones is 1. The van der Waals surface area contributed by atoms with Crippen LogP contribution in [-0.2, 0) is 4.79 Å². The van der Waals surface area contributed by atoms with Crippen LogP contribution in [0.1, 0.15) is 59.3 Å². The van der Waals surface area contributed by atoms with E-state index in [0.717, 1.165) is 6.42 Å². The van der Waals surface area contributed by atoms with E-state index in [-0.39, 0.29) is 5.92 Å². The maximum atomic E-state index is 10.9. The average molecular weight is 170 g/mol. The van der Waals surface area contributed by atoms with Crippen LogP contribution in [0, 0.1) is 5.92 Å². The minimum Gasteiger partial charge on any atom is -0.300 e. The molecular formula is C11H22O. The largest absolute Gasteiger partial charge is 0.300 e. The Kier molecular flexibility index (Phi) is 7.12. The third kappa shape index (κ3) is 6.38. The molecule has 0 aliphatic rings. The summed E-state index contributed by atoms with van der Waals surface area (Å²) < 4.78 is 0. The SMILES string of the molecule is CCCCCCC[C@@H](C)C(C)=O. The molecule has 0 unspecified atom stereocenters. The van der Waals surface area contributed by atoms with E-state index < -0.39 is 0 Å². The van der Waals surface area contributed by atoms with E-state index in [4.69, 9.17) is 0 Å². The Labute approximate surface area is 76.6 Å². The van der Waals surface area contributed by atoms with Gasteiger partial charge in [0.1, 0.15) is 5.78 Å². The molecule has 0 amide bonds. The van der Waals surface area contributed by atoms with E-state index in [9.17, 15) is 4.79 Å². The van der Waals surface area contributed by atoms with Gasteiger partial charge in [-0.2, -0.15) is 0 Å². The number of unbranched alkanes of at least 4 members (excludes halogenated alkanes) is 4. The molecule has 0 fully saturated rings. The van der Waals surface area contributed by atoms with Crippen molar-refractivity contribution >= 4 is 5.78 Å². The Hall–Kier alpha value is -0.330. The first kappa shape index (κ1) is 11.7. The van der Waals surface area contributed by atoms with E-state index in [2.05, 4.69) is 6.92 Å². The highest BCUT2D eigenvalue weighted by Gasteiger charge is 2.05. The molecule has 0 aliphatic heterocycles. The molecule has 0 aromatic rings. The first-order chi connectivity index (χ1) is 5.68. The number of hydrogen-bond donors (Lipinski definition) is 0. The van der Waals surface area contributed by atoms with Gasteiger partial charge in [0.05, 0.1) is 0 Å². The van der Waals surface area contributed by atoms with Gasteiger partial charge >= 0.3 is 0 Å². The smallest absolute Gasteiger partial charge is 0.132 e. The lowest BCUT2D eigenvalue weighted by atomic mass is 9.99. The van der Waals surface area contributed by atoms with Crippen LogP contribution in [0.5, 0.6) is 0 Å². The monoisotopic (exact) mass is 170 g/mol. The molecule has 1 nitrogen and oxygen atoms in total. The molecule has 0 heterocycles. The third-order valence-corrected chi connectivity index (χ3v) is 2.43. The van der Waals surface area contributed by atoms with Crippen molar-refractivity contribution in [3.8, 4) is 0 Å². The summed E-state index contributed by atoms with van der Waals surface area (Å²) in [5, 5.41) is 0. The van der Waals surface area contributed by atoms with Crippen molar-refractivity contribution in [1.29, 1.82) is 0 Å². The van der Waals surface area contributed by atoms with Crippen molar-refractivity contribution in [3.63, 3.8) is 0 Å². The van der Waals surface area contributed by atoms with Gasteiger partial charge in [0.15, 0.2) is 0 Å². The van der Waals surface area contributed by atoms with Crippen molar-refractivity contribution in [2.45, 2.75) is 59.3 Å². The average Bonchev–Trinajstić information content (AvgIpc) is 2.03. The minimum absolute atomic E-state index is 0.284. The zero-order chi connectivity index (χ0) is 9.40. The quantitative estimate of drug-likeness (QED) is 0.534. The molecule has 12 heavy (non-hydrogen) atoms. The van der Waals surface area contributed by atoms with Crippen LogP contribution in [0.2, 0.25) is 0 Å². The Bertz CT molecular complexity index is 118. The zero-order valence-corrected chi connectivity index (χ0v) is 8.73. The fraction of sp³-hybridized carbons (Fsp3) is 0.909. The maximum Gasteiger partial charge on any atom is 0.132 e. The Morgan fingerprint density at radius 2 is 1.75 bits per heavy atom. The molecule has 0 saturated carbocycles. The Morgan fingerprint density at radius 3 is 2.25 bits per heavy atom. The summed E-state index contributed by atoms with van der Waals surface area (Å²) in [6, 6.07) is 0. The van der Waals surface area contributed by atoms with Gasteiger partial charge in [-0.1, -0.05) is 46.0 Å². The predicted molar refractivity (Wildman–Crippen MR) is 53.2 cm³/mol. The van der Waals surface area contributed by atoms with Crippen molar-refractivity contribution in [2.75, 3.05) is 0 Å². The Balaban J connectivity index is 3.14. The van der Waals surface area contributed by atoms with E-state index in [1.165, 1.54) is 32.1 Å². The first-order valence-corrected chi connectivity index (χ1v) is 5.19. The summed E-state index contributed by atoms with van der Waals surface area (Å²) in [7, 11) is 0. The van der Waals surface area contributed by atoms with E-state index in [1.54, 1.807) is 6.92 Å². The summed E-state index contributed by atoms with van der Waals surface area (Å²) >= 11 is 0. The lowest BCUT2D eigenvalue weighted by Gasteiger charge is -2.05.